The summed E-state index contributed by atoms with van der Waals surface area (Å²) >= 11 is 0. The van der Waals surface area contributed by atoms with E-state index in [0.717, 1.165) is 16.9 Å². The minimum Gasteiger partial charge on any atom is -0.491 e. The molecule has 20 heavy (non-hydrogen) atoms. The van der Waals surface area contributed by atoms with Crippen molar-refractivity contribution in [2.24, 2.45) is 0 Å². The molecule has 0 aliphatic rings. The monoisotopic (exact) mass is 273 g/mol. The number of benzene rings is 2. The fourth-order valence-corrected chi connectivity index (χ4v) is 2.06. The first-order chi connectivity index (χ1) is 9.58. The van der Waals surface area contributed by atoms with Crippen LogP contribution < -0.4 is 10.1 Å². The van der Waals surface area contributed by atoms with E-state index in [9.17, 15) is 4.39 Å². The third-order valence-electron chi connectivity index (χ3n) is 3.01. The molecule has 3 heteroatoms. The van der Waals surface area contributed by atoms with E-state index in [2.05, 4.69) is 5.32 Å². The molecular weight excluding hydrogens is 253 g/mol. The van der Waals surface area contributed by atoms with Crippen LogP contribution in [0.2, 0.25) is 0 Å². The van der Waals surface area contributed by atoms with Crippen LogP contribution >= 0.6 is 0 Å². The smallest absolute Gasteiger partial charge is 0.146 e. The predicted molar refractivity (Wildman–Crippen MR) is 80.7 cm³/mol. The minimum atomic E-state index is -0.229. The van der Waals surface area contributed by atoms with Gasteiger partial charge in [0.05, 0.1) is 11.8 Å². The van der Waals surface area contributed by atoms with Crippen LogP contribution in [-0.4, -0.2) is 6.10 Å². The van der Waals surface area contributed by atoms with Crippen molar-refractivity contribution in [2.45, 2.75) is 33.4 Å². The molecule has 0 aromatic heterocycles. The summed E-state index contributed by atoms with van der Waals surface area (Å²) in [5, 5.41) is 3.16. The van der Waals surface area contributed by atoms with E-state index >= 15 is 0 Å². The maximum Gasteiger partial charge on any atom is 0.146 e. The Morgan fingerprint density at radius 3 is 2.55 bits per heavy atom. The summed E-state index contributed by atoms with van der Waals surface area (Å²) in [6.45, 7) is 6.41. The number of nitrogens with one attached hydrogen (secondary N) is 1. The number of hydrogen-bond acceptors (Lipinski definition) is 2. The van der Waals surface area contributed by atoms with Gasteiger partial charge in [0.1, 0.15) is 11.6 Å². The molecule has 0 unspecified atom stereocenters. The highest BCUT2D eigenvalue weighted by atomic mass is 19.1. The van der Waals surface area contributed by atoms with E-state index in [1.807, 2.05) is 51.1 Å². The Bertz CT molecular complexity index is 561. The molecule has 0 radical (unpaired) electrons. The highest BCUT2D eigenvalue weighted by Gasteiger charge is 2.08. The molecule has 2 nitrogen and oxygen atoms in total. The van der Waals surface area contributed by atoms with E-state index in [1.165, 1.54) is 6.07 Å². The van der Waals surface area contributed by atoms with Crippen molar-refractivity contribution in [2.75, 3.05) is 5.32 Å². The molecule has 0 atom stereocenters. The Morgan fingerprint density at radius 2 is 1.85 bits per heavy atom. The van der Waals surface area contributed by atoms with E-state index in [1.54, 1.807) is 6.07 Å². The number of para-hydroxylation sites is 2. The third-order valence-corrected chi connectivity index (χ3v) is 3.01. The number of rotatable bonds is 5. The van der Waals surface area contributed by atoms with Crippen molar-refractivity contribution >= 4 is 5.69 Å². The Kier molecular flexibility index (Phi) is 4.61. The van der Waals surface area contributed by atoms with Gasteiger partial charge in [-0.05, 0) is 38.5 Å². The first-order valence-electron chi connectivity index (χ1n) is 6.81. The number of hydrogen-bond donors (Lipinski definition) is 1. The highest BCUT2D eigenvalue weighted by molar-refractivity contribution is 5.52. The Hall–Kier alpha value is -2.03. The van der Waals surface area contributed by atoms with Gasteiger partial charge in [-0.1, -0.05) is 30.3 Å². The quantitative estimate of drug-likeness (QED) is 0.864. The highest BCUT2D eigenvalue weighted by Crippen LogP contribution is 2.23. The molecule has 0 fully saturated rings. The zero-order chi connectivity index (χ0) is 14.5. The summed E-state index contributed by atoms with van der Waals surface area (Å²) < 4.78 is 19.5. The molecule has 2 rings (SSSR count). The average Bonchev–Trinajstić information content (AvgIpc) is 2.39. The van der Waals surface area contributed by atoms with Crippen molar-refractivity contribution < 1.29 is 9.13 Å². The van der Waals surface area contributed by atoms with Crippen molar-refractivity contribution in [3.05, 3.63) is 59.4 Å². The van der Waals surface area contributed by atoms with E-state index in [0.29, 0.717) is 12.2 Å². The van der Waals surface area contributed by atoms with Gasteiger partial charge in [0.15, 0.2) is 0 Å². The van der Waals surface area contributed by atoms with Crippen LogP contribution in [0.25, 0.3) is 0 Å². The molecule has 0 aliphatic carbocycles. The molecule has 106 valence electrons. The summed E-state index contributed by atoms with van der Waals surface area (Å²) in [5.41, 5.74) is 2.46. The Morgan fingerprint density at radius 1 is 1.10 bits per heavy atom. The van der Waals surface area contributed by atoms with Crippen molar-refractivity contribution in [1.29, 1.82) is 0 Å². The lowest BCUT2D eigenvalue weighted by molar-refractivity contribution is 0.240. The normalized spacial score (nSPS) is 10.7. The van der Waals surface area contributed by atoms with Crippen LogP contribution in [0.1, 0.15) is 25.0 Å². The van der Waals surface area contributed by atoms with Gasteiger partial charge in [0, 0.05) is 12.1 Å². The van der Waals surface area contributed by atoms with Crippen LogP contribution in [0, 0.1) is 12.7 Å². The maximum atomic E-state index is 13.8. The van der Waals surface area contributed by atoms with Crippen molar-refractivity contribution in [1.82, 2.24) is 0 Å². The standard InChI is InChI=1S/C17H20FNO/c1-12(2)20-16-10-5-4-8-14(16)11-19-17-13(3)7-6-9-15(17)18/h4-10,12,19H,11H2,1-3H3. The van der Waals surface area contributed by atoms with Gasteiger partial charge in [-0.3, -0.25) is 0 Å². The lowest BCUT2D eigenvalue weighted by Crippen LogP contribution is -2.10. The Labute approximate surface area is 119 Å². The van der Waals surface area contributed by atoms with Crippen LogP contribution in [0.3, 0.4) is 0 Å². The second-order valence-corrected chi connectivity index (χ2v) is 5.06. The molecular formula is C17H20FNO. The van der Waals surface area contributed by atoms with E-state index in [-0.39, 0.29) is 11.9 Å². The van der Waals surface area contributed by atoms with E-state index in [4.69, 9.17) is 4.74 Å². The predicted octanol–water partition coefficient (Wildman–Crippen LogP) is 4.53. The number of ether oxygens (including phenoxy) is 1. The summed E-state index contributed by atoms with van der Waals surface area (Å²) in [7, 11) is 0. The lowest BCUT2D eigenvalue weighted by atomic mass is 10.1. The van der Waals surface area contributed by atoms with Crippen LogP contribution in [-0.2, 0) is 6.54 Å². The van der Waals surface area contributed by atoms with Gasteiger partial charge in [0.2, 0.25) is 0 Å². The molecule has 0 amide bonds. The molecule has 0 bridgehead atoms. The minimum absolute atomic E-state index is 0.117. The van der Waals surface area contributed by atoms with E-state index < -0.39 is 0 Å². The Balaban J connectivity index is 2.15. The molecule has 0 saturated heterocycles. The molecule has 0 heterocycles. The summed E-state index contributed by atoms with van der Waals surface area (Å²) in [5.74, 6) is 0.608. The van der Waals surface area contributed by atoms with Gasteiger partial charge in [-0.15, -0.1) is 0 Å². The number of aryl methyl sites for hydroxylation is 1. The first kappa shape index (κ1) is 14.4. The van der Waals surface area contributed by atoms with Crippen molar-refractivity contribution in [3.8, 4) is 5.75 Å². The zero-order valence-electron chi connectivity index (χ0n) is 12.1. The van der Waals surface area contributed by atoms with Crippen LogP contribution in [0.15, 0.2) is 42.5 Å². The van der Waals surface area contributed by atoms with Crippen molar-refractivity contribution in [3.63, 3.8) is 0 Å². The van der Waals surface area contributed by atoms with Gasteiger partial charge in [0.25, 0.3) is 0 Å². The topological polar surface area (TPSA) is 21.3 Å². The van der Waals surface area contributed by atoms with Crippen LogP contribution in [0.4, 0.5) is 10.1 Å². The number of anilines is 1. The number of halogens is 1. The van der Waals surface area contributed by atoms with Gasteiger partial charge < -0.3 is 10.1 Å². The SMILES string of the molecule is Cc1cccc(F)c1NCc1ccccc1OC(C)C. The maximum absolute atomic E-state index is 13.8. The summed E-state index contributed by atoms with van der Waals surface area (Å²) in [6, 6.07) is 12.9. The summed E-state index contributed by atoms with van der Waals surface area (Å²) in [4.78, 5) is 0. The zero-order valence-corrected chi connectivity index (χ0v) is 12.1. The molecule has 0 spiro atoms. The molecule has 1 N–H and O–H groups in total. The fourth-order valence-electron chi connectivity index (χ4n) is 2.06. The fraction of sp³-hybridized carbons (Fsp3) is 0.294. The van der Waals surface area contributed by atoms with Crippen LogP contribution in [0.5, 0.6) is 5.75 Å². The van der Waals surface area contributed by atoms with Gasteiger partial charge >= 0.3 is 0 Å². The molecule has 0 saturated carbocycles. The second kappa shape index (κ2) is 6.42. The third kappa shape index (κ3) is 3.50. The van der Waals surface area contributed by atoms with Gasteiger partial charge in [-0.25, -0.2) is 4.39 Å². The lowest BCUT2D eigenvalue weighted by Gasteiger charge is -2.16. The summed E-state index contributed by atoms with van der Waals surface area (Å²) in [6.07, 6.45) is 0.117. The average molecular weight is 273 g/mol. The molecule has 2 aromatic carbocycles. The molecule has 2 aromatic rings. The first-order valence-corrected chi connectivity index (χ1v) is 6.81. The molecule has 0 aliphatic heterocycles. The second-order valence-electron chi connectivity index (χ2n) is 5.06. The van der Waals surface area contributed by atoms with Gasteiger partial charge in [-0.2, -0.15) is 0 Å². The largest absolute Gasteiger partial charge is 0.491 e.